The number of nitro groups is 1. The summed E-state index contributed by atoms with van der Waals surface area (Å²) in [6, 6.07) is 0.569. The molecule has 102 valence electrons. The number of nitrogens with one attached hydrogen (secondary N) is 1. The molecule has 3 N–H and O–H groups in total. The third kappa shape index (κ3) is 3.71. The molecule has 1 unspecified atom stereocenters. The first kappa shape index (κ1) is 14.5. The van der Waals surface area contributed by atoms with Crippen molar-refractivity contribution in [3.8, 4) is 0 Å². The molecule has 0 saturated heterocycles. The van der Waals surface area contributed by atoms with Crippen LogP contribution < -0.4 is 5.32 Å². The first-order valence-corrected chi connectivity index (χ1v) is 4.94. The number of carbonyl (C=O) groups excluding carboxylic acids is 1. The molecule has 0 radical (unpaired) electrons. The van der Waals surface area contributed by atoms with Crippen molar-refractivity contribution in [2.45, 2.75) is 6.04 Å². The summed E-state index contributed by atoms with van der Waals surface area (Å²) < 4.78 is 13.1. The molecule has 0 fully saturated rings. The van der Waals surface area contributed by atoms with Gasteiger partial charge in [-0.05, 0) is 6.07 Å². The highest BCUT2D eigenvalue weighted by Crippen LogP contribution is 2.16. The summed E-state index contributed by atoms with van der Waals surface area (Å²) in [4.78, 5) is 31.8. The summed E-state index contributed by atoms with van der Waals surface area (Å²) in [7, 11) is 0. The van der Waals surface area contributed by atoms with Crippen LogP contribution in [-0.2, 0) is 4.79 Å². The molecule has 0 saturated carbocycles. The third-order valence-corrected chi connectivity index (χ3v) is 2.14. The molecule has 1 rings (SSSR count). The monoisotopic (exact) mass is 272 g/mol. The fourth-order valence-corrected chi connectivity index (χ4v) is 1.24. The van der Waals surface area contributed by atoms with Gasteiger partial charge in [-0.3, -0.25) is 14.9 Å². The quantitative estimate of drug-likeness (QED) is 0.507. The maximum Gasteiger partial charge on any atom is 0.328 e. The van der Waals surface area contributed by atoms with E-state index in [0.29, 0.717) is 6.07 Å². The van der Waals surface area contributed by atoms with Gasteiger partial charge >= 0.3 is 5.97 Å². The van der Waals surface area contributed by atoms with Gasteiger partial charge in [-0.1, -0.05) is 0 Å². The molecule has 9 heteroatoms. The van der Waals surface area contributed by atoms with E-state index in [1.807, 2.05) is 5.32 Å². The van der Waals surface area contributed by atoms with Crippen LogP contribution in [-0.4, -0.2) is 39.7 Å². The van der Waals surface area contributed by atoms with Crippen LogP contribution in [0.15, 0.2) is 18.2 Å². The van der Waals surface area contributed by atoms with E-state index in [1.165, 1.54) is 0 Å². The first-order valence-electron chi connectivity index (χ1n) is 4.94. The second-order valence-electron chi connectivity index (χ2n) is 3.50. The van der Waals surface area contributed by atoms with Gasteiger partial charge in [0.25, 0.3) is 11.6 Å². The Balaban J connectivity index is 2.99. The molecule has 8 nitrogen and oxygen atoms in total. The Morgan fingerprint density at radius 1 is 1.42 bits per heavy atom. The maximum atomic E-state index is 13.1. The number of amides is 1. The van der Waals surface area contributed by atoms with Crippen LogP contribution in [0.4, 0.5) is 10.1 Å². The zero-order valence-electron chi connectivity index (χ0n) is 9.37. The van der Waals surface area contributed by atoms with Crippen molar-refractivity contribution < 1.29 is 29.1 Å². The number of rotatable bonds is 5. The number of hydrogen-bond acceptors (Lipinski definition) is 5. The van der Waals surface area contributed by atoms with E-state index in [-0.39, 0.29) is 0 Å². The van der Waals surface area contributed by atoms with Crippen molar-refractivity contribution in [2.24, 2.45) is 0 Å². The van der Waals surface area contributed by atoms with Crippen LogP contribution in [0.2, 0.25) is 0 Å². The van der Waals surface area contributed by atoms with Crippen molar-refractivity contribution in [3.05, 3.63) is 39.7 Å². The normalized spacial score (nSPS) is 11.7. The van der Waals surface area contributed by atoms with Gasteiger partial charge in [0.1, 0.15) is 5.82 Å². The number of nitro benzene ring substituents is 1. The molecule has 1 amide bonds. The number of carbonyl (C=O) groups is 2. The Morgan fingerprint density at radius 2 is 2.05 bits per heavy atom. The van der Waals surface area contributed by atoms with Crippen molar-refractivity contribution >= 4 is 17.6 Å². The van der Waals surface area contributed by atoms with Gasteiger partial charge in [-0.25, -0.2) is 9.18 Å². The third-order valence-electron chi connectivity index (χ3n) is 2.14. The number of aliphatic hydroxyl groups excluding tert-OH is 1. The second kappa shape index (κ2) is 5.87. The SMILES string of the molecule is O=C(NC(CO)C(=O)O)c1cc(F)cc([N+](=O)[O-])c1. The Bertz CT molecular complexity index is 533. The average molecular weight is 272 g/mol. The standard InChI is InChI=1S/C10H9FN2O6/c11-6-1-5(2-7(3-6)13(18)19)9(15)12-8(4-14)10(16)17/h1-3,8,14H,4H2,(H,12,15)(H,16,17). The number of nitrogens with zero attached hydrogens (tertiary/aromatic N) is 1. The smallest absolute Gasteiger partial charge is 0.328 e. The summed E-state index contributed by atoms with van der Waals surface area (Å²) in [5, 5.41) is 29.7. The van der Waals surface area contributed by atoms with Gasteiger partial charge in [0.2, 0.25) is 0 Å². The van der Waals surface area contributed by atoms with Crippen LogP contribution >= 0.6 is 0 Å². The molecule has 0 aliphatic carbocycles. The van der Waals surface area contributed by atoms with E-state index in [0.717, 1.165) is 12.1 Å². The number of aliphatic carboxylic acids is 1. The minimum atomic E-state index is -1.57. The summed E-state index contributed by atoms with van der Waals surface area (Å²) in [5.41, 5.74) is -1.05. The first-order chi connectivity index (χ1) is 8.85. The minimum Gasteiger partial charge on any atom is -0.480 e. The number of benzene rings is 1. The Morgan fingerprint density at radius 3 is 2.53 bits per heavy atom. The van der Waals surface area contributed by atoms with E-state index in [9.17, 15) is 24.1 Å². The van der Waals surface area contributed by atoms with Crippen LogP contribution in [0.3, 0.4) is 0 Å². The van der Waals surface area contributed by atoms with E-state index >= 15 is 0 Å². The van der Waals surface area contributed by atoms with Crippen molar-refractivity contribution in [1.29, 1.82) is 0 Å². The predicted octanol–water partition coefficient (Wildman–Crippen LogP) is -0.0908. The number of carboxylic acids is 1. The molecule has 0 heterocycles. The summed E-state index contributed by atoms with van der Waals surface area (Å²) in [6.07, 6.45) is 0. The Labute approximate surface area is 105 Å². The molecule has 19 heavy (non-hydrogen) atoms. The highest BCUT2D eigenvalue weighted by molar-refractivity contribution is 5.97. The topological polar surface area (TPSA) is 130 Å². The van der Waals surface area contributed by atoms with E-state index in [4.69, 9.17) is 10.2 Å². The molecule has 0 aromatic heterocycles. The molecule has 0 spiro atoms. The highest BCUT2D eigenvalue weighted by atomic mass is 19.1. The second-order valence-corrected chi connectivity index (χ2v) is 3.50. The van der Waals surface area contributed by atoms with Gasteiger partial charge in [0.05, 0.1) is 17.6 Å². The summed E-state index contributed by atoms with van der Waals surface area (Å²) in [6.45, 7) is -0.863. The zero-order chi connectivity index (χ0) is 14.6. The fraction of sp³-hybridized carbons (Fsp3) is 0.200. The summed E-state index contributed by atoms with van der Waals surface area (Å²) in [5.74, 6) is -3.53. The Kier molecular flexibility index (Phi) is 4.48. The van der Waals surface area contributed by atoms with Gasteiger partial charge < -0.3 is 15.5 Å². The van der Waals surface area contributed by atoms with Crippen LogP contribution in [0.25, 0.3) is 0 Å². The largest absolute Gasteiger partial charge is 0.480 e. The van der Waals surface area contributed by atoms with Crippen molar-refractivity contribution in [2.75, 3.05) is 6.61 Å². The maximum absolute atomic E-state index is 13.1. The molecule has 1 aromatic rings. The molecule has 0 bridgehead atoms. The molecular formula is C10H9FN2O6. The average Bonchev–Trinajstić information content (AvgIpc) is 2.34. The summed E-state index contributed by atoms with van der Waals surface area (Å²) >= 11 is 0. The van der Waals surface area contributed by atoms with E-state index in [2.05, 4.69) is 0 Å². The van der Waals surface area contributed by atoms with E-state index < -0.39 is 46.5 Å². The molecule has 0 aliphatic heterocycles. The number of halogens is 1. The van der Waals surface area contributed by atoms with Crippen LogP contribution in [0.1, 0.15) is 10.4 Å². The molecular weight excluding hydrogens is 263 g/mol. The highest BCUT2D eigenvalue weighted by Gasteiger charge is 2.21. The van der Waals surface area contributed by atoms with Crippen LogP contribution in [0.5, 0.6) is 0 Å². The Hall–Kier alpha value is -2.55. The zero-order valence-corrected chi connectivity index (χ0v) is 9.37. The molecule has 0 aliphatic rings. The van der Waals surface area contributed by atoms with Gasteiger partial charge in [-0.15, -0.1) is 0 Å². The lowest BCUT2D eigenvalue weighted by Crippen LogP contribution is -2.43. The number of carboxylic acid groups (broad SMARTS) is 1. The molecule has 1 aromatic carbocycles. The van der Waals surface area contributed by atoms with Crippen LogP contribution in [0, 0.1) is 15.9 Å². The van der Waals surface area contributed by atoms with Crippen molar-refractivity contribution in [1.82, 2.24) is 5.32 Å². The molecule has 1 atom stereocenters. The number of hydrogen-bond donors (Lipinski definition) is 3. The van der Waals surface area contributed by atoms with E-state index in [1.54, 1.807) is 0 Å². The fourth-order valence-electron chi connectivity index (χ4n) is 1.24. The van der Waals surface area contributed by atoms with Gasteiger partial charge in [-0.2, -0.15) is 0 Å². The van der Waals surface area contributed by atoms with Gasteiger partial charge in [0, 0.05) is 11.6 Å². The lowest BCUT2D eigenvalue weighted by atomic mass is 10.1. The van der Waals surface area contributed by atoms with Gasteiger partial charge in [0.15, 0.2) is 6.04 Å². The number of aliphatic hydroxyl groups is 1. The minimum absolute atomic E-state index is 0.411. The number of non-ortho nitro benzene ring substituents is 1. The lowest BCUT2D eigenvalue weighted by Gasteiger charge is -2.11. The lowest BCUT2D eigenvalue weighted by molar-refractivity contribution is -0.385. The predicted molar refractivity (Wildman–Crippen MR) is 59.0 cm³/mol. The van der Waals surface area contributed by atoms with Crippen molar-refractivity contribution in [3.63, 3.8) is 0 Å².